The van der Waals surface area contributed by atoms with Gasteiger partial charge >= 0.3 is 5.97 Å². The Kier molecular flexibility index (Phi) is 4.85. The number of ketones is 1. The molecule has 1 heterocycles. The van der Waals surface area contributed by atoms with E-state index in [0.29, 0.717) is 11.3 Å². The molecule has 0 bridgehead atoms. The largest absolute Gasteiger partial charge is 0.469 e. The third-order valence-electron chi connectivity index (χ3n) is 4.42. The lowest BCUT2D eigenvalue weighted by atomic mass is 10.0. The molecule has 3 N–H and O–H groups in total. The van der Waals surface area contributed by atoms with Crippen LogP contribution >= 0.6 is 0 Å². The molecule has 9 heteroatoms. The molecule has 28 heavy (non-hydrogen) atoms. The Hall–Kier alpha value is -3.72. The topological polar surface area (TPSA) is 136 Å². The van der Waals surface area contributed by atoms with Gasteiger partial charge in [0.25, 0.3) is 5.69 Å². The fourth-order valence-electron chi connectivity index (χ4n) is 3.06. The Morgan fingerprint density at radius 2 is 1.96 bits per heavy atom. The van der Waals surface area contributed by atoms with Crippen LogP contribution in [-0.4, -0.2) is 34.6 Å². The molecular weight excluding hydrogens is 366 g/mol. The highest BCUT2D eigenvalue weighted by atomic mass is 16.6. The summed E-state index contributed by atoms with van der Waals surface area (Å²) in [7, 11) is 1.14. The number of anilines is 2. The lowest BCUT2D eigenvalue weighted by molar-refractivity contribution is -0.384. The molecule has 9 nitrogen and oxygen atoms in total. The van der Waals surface area contributed by atoms with Gasteiger partial charge < -0.3 is 20.5 Å². The number of esters is 1. The van der Waals surface area contributed by atoms with Gasteiger partial charge in [-0.25, -0.2) is 0 Å². The number of nitro benzene ring substituents is 1. The lowest BCUT2D eigenvalue weighted by Gasteiger charge is -2.36. The molecule has 144 valence electrons. The number of rotatable bonds is 5. The van der Waals surface area contributed by atoms with E-state index in [2.05, 4.69) is 4.74 Å². The second-order valence-electron chi connectivity index (χ2n) is 6.17. The van der Waals surface area contributed by atoms with Gasteiger partial charge in [0.05, 0.1) is 29.1 Å². The summed E-state index contributed by atoms with van der Waals surface area (Å²) in [6.07, 6.45) is 0.560. The maximum Gasteiger partial charge on any atom is 0.310 e. The van der Waals surface area contributed by atoms with Gasteiger partial charge in [-0.05, 0) is 11.6 Å². The molecule has 1 atom stereocenters. The van der Waals surface area contributed by atoms with Crippen LogP contribution in [0.3, 0.4) is 0 Å². The van der Waals surface area contributed by atoms with Crippen molar-refractivity contribution in [3.8, 4) is 0 Å². The number of carbonyl (C=O) groups is 2. The fourth-order valence-corrected chi connectivity index (χ4v) is 3.06. The first kappa shape index (κ1) is 19.1. The summed E-state index contributed by atoms with van der Waals surface area (Å²) in [6, 6.07) is 12.4. The number of aliphatic hydroxyl groups is 1. The lowest BCUT2D eigenvalue weighted by Crippen LogP contribution is -2.51. The van der Waals surface area contributed by atoms with E-state index in [4.69, 9.17) is 5.73 Å². The van der Waals surface area contributed by atoms with Crippen molar-refractivity contribution in [2.45, 2.75) is 12.1 Å². The first-order valence-electron chi connectivity index (χ1n) is 8.23. The molecule has 0 radical (unpaired) electrons. The Bertz CT molecular complexity index is 988. The number of hydrogen-bond acceptors (Lipinski definition) is 8. The smallest absolute Gasteiger partial charge is 0.310 e. The molecule has 2 aromatic rings. The number of nitrogen functional groups attached to an aromatic ring is 1. The van der Waals surface area contributed by atoms with E-state index in [1.165, 1.54) is 23.1 Å². The van der Waals surface area contributed by atoms with Gasteiger partial charge in [-0.3, -0.25) is 19.7 Å². The molecule has 0 saturated heterocycles. The molecule has 1 aliphatic rings. The third-order valence-corrected chi connectivity index (χ3v) is 4.42. The first-order valence-corrected chi connectivity index (χ1v) is 8.23. The van der Waals surface area contributed by atoms with Crippen LogP contribution in [0.15, 0.2) is 54.6 Å². The summed E-state index contributed by atoms with van der Waals surface area (Å²) >= 11 is 0. The van der Waals surface area contributed by atoms with Crippen LogP contribution in [0.2, 0.25) is 0 Å². The summed E-state index contributed by atoms with van der Waals surface area (Å²) < 4.78 is 4.61. The van der Waals surface area contributed by atoms with Crippen LogP contribution in [-0.2, 0) is 14.3 Å². The highest BCUT2D eigenvalue weighted by molar-refractivity contribution is 6.15. The second-order valence-corrected chi connectivity index (χ2v) is 6.17. The number of nitrogens with two attached hydrogens (primary N) is 1. The summed E-state index contributed by atoms with van der Waals surface area (Å²) in [5.41, 5.74) is 4.49. The van der Waals surface area contributed by atoms with Gasteiger partial charge in [0, 0.05) is 18.2 Å². The van der Waals surface area contributed by atoms with Crippen molar-refractivity contribution >= 4 is 34.5 Å². The summed E-state index contributed by atoms with van der Waals surface area (Å²) in [6.45, 7) is 0. The van der Waals surface area contributed by atoms with E-state index in [-0.39, 0.29) is 17.1 Å². The maximum absolute atomic E-state index is 12.7. The number of non-ortho nitro benzene ring substituents is 1. The van der Waals surface area contributed by atoms with Crippen LogP contribution in [0.25, 0.3) is 5.70 Å². The van der Waals surface area contributed by atoms with Gasteiger partial charge in [-0.1, -0.05) is 30.3 Å². The molecule has 1 aliphatic heterocycles. The van der Waals surface area contributed by atoms with E-state index < -0.39 is 28.8 Å². The van der Waals surface area contributed by atoms with Crippen LogP contribution < -0.4 is 10.6 Å². The van der Waals surface area contributed by atoms with Gasteiger partial charge in [-0.2, -0.15) is 0 Å². The van der Waals surface area contributed by atoms with Crippen LogP contribution in [0.1, 0.15) is 12.0 Å². The molecule has 0 amide bonds. The molecule has 0 spiro atoms. The first-order chi connectivity index (χ1) is 13.3. The highest BCUT2D eigenvalue weighted by Gasteiger charge is 2.50. The zero-order valence-electron chi connectivity index (χ0n) is 14.9. The molecular formula is C19H17N3O6. The zero-order chi connectivity index (χ0) is 20.5. The average Bonchev–Trinajstić information content (AvgIpc) is 2.93. The van der Waals surface area contributed by atoms with Gasteiger partial charge in [-0.15, -0.1) is 0 Å². The molecule has 2 aromatic carbocycles. The zero-order valence-corrected chi connectivity index (χ0v) is 14.9. The minimum Gasteiger partial charge on any atom is -0.469 e. The van der Waals surface area contributed by atoms with Crippen molar-refractivity contribution in [1.82, 2.24) is 0 Å². The second kappa shape index (κ2) is 7.12. The predicted octanol–water partition coefficient (Wildman–Crippen LogP) is 1.86. The van der Waals surface area contributed by atoms with E-state index in [9.17, 15) is 24.8 Å². The van der Waals surface area contributed by atoms with E-state index >= 15 is 0 Å². The predicted molar refractivity (Wildman–Crippen MR) is 101 cm³/mol. The average molecular weight is 383 g/mol. The minimum atomic E-state index is -2.28. The van der Waals surface area contributed by atoms with Crippen molar-refractivity contribution in [1.29, 1.82) is 0 Å². The van der Waals surface area contributed by atoms with Crippen molar-refractivity contribution < 1.29 is 24.4 Å². The van der Waals surface area contributed by atoms with Gasteiger partial charge in [0.1, 0.15) is 6.42 Å². The highest BCUT2D eigenvalue weighted by Crippen LogP contribution is 2.43. The number of nitrogens with zero attached hydrogens (tertiary/aromatic N) is 2. The molecule has 0 saturated carbocycles. The maximum atomic E-state index is 12.7. The summed E-state index contributed by atoms with van der Waals surface area (Å²) in [5, 5.41) is 22.1. The Labute approximate surface area is 159 Å². The molecule has 0 aliphatic carbocycles. The van der Waals surface area contributed by atoms with Crippen molar-refractivity contribution in [2.24, 2.45) is 0 Å². The van der Waals surface area contributed by atoms with E-state index in [1.54, 1.807) is 30.3 Å². The Morgan fingerprint density at radius 1 is 1.29 bits per heavy atom. The van der Waals surface area contributed by atoms with Gasteiger partial charge in [0.2, 0.25) is 11.5 Å². The van der Waals surface area contributed by atoms with Crippen molar-refractivity contribution in [3.05, 3.63) is 70.3 Å². The number of benzene rings is 2. The van der Waals surface area contributed by atoms with Crippen molar-refractivity contribution in [2.75, 3.05) is 17.7 Å². The van der Waals surface area contributed by atoms with E-state index in [0.717, 1.165) is 13.2 Å². The monoisotopic (exact) mass is 383 g/mol. The summed E-state index contributed by atoms with van der Waals surface area (Å²) in [4.78, 5) is 36.1. The SMILES string of the molecule is COC(=O)C[C@]1(O)C(=O)C=C(c2ccccc2)N1c1ccc([N+](=O)[O-])cc1N. The summed E-state index contributed by atoms with van der Waals surface area (Å²) in [5.74, 6) is -1.53. The van der Waals surface area contributed by atoms with E-state index in [1.807, 2.05) is 0 Å². The molecule has 0 fully saturated rings. The van der Waals surface area contributed by atoms with Crippen molar-refractivity contribution in [3.63, 3.8) is 0 Å². The number of hydrogen-bond donors (Lipinski definition) is 2. The fraction of sp³-hybridized carbons (Fsp3) is 0.158. The molecule has 3 rings (SSSR count). The quantitative estimate of drug-likeness (QED) is 0.346. The van der Waals surface area contributed by atoms with Crippen LogP contribution in [0.4, 0.5) is 17.1 Å². The third kappa shape index (κ3) is 3.19. The number of carbonyl (C=O) groups excluding carboxylic acids is 2. The molecule has 0 unspecified atom stereocenters. The van der Waals surface area contributed by atoms with Crippen LogP contribution in [0, 0.1) is 10.1 Å². The minimum absolute atomic E-state index is 0.0333. The number of methoxy groups -OCH3 is 1. The Morgan fingerprint density at radius 3 is 2.54 bits per heavy atom. The normalized spacial score (nSPS) is 18.7. The number of nitro groups is 1. The Balaban J connectivity index is 2.17. The van der Waals surface area contributed by atoms with Crippen LogP contribution in [0.5, 0.6) is 0 Å². The molecule has 0 aromatic heterocycles. The number of ether oxygens (including phenoxy) is 1. The van der Waals surface area contributed by atoms with Gasteiger partial charge in [0.15, 0.2) is 0 Å². The standard InChI is InChI=1S/C19H17N3O6/c1-28-18(24)11-19(25)17(23)10-16(12-5-3-2-4-6-12)21(19)15-8-7-13(22(26)27)9-14(15)20/h2-10,25H,11,20H2,1H3/t19-/m0/s1.